The van der Waals surface area contributed by atoms with Crippen molar-refractivity contribution in [1.29, 1.82) is 0 Å². The Balaban J connectivity index is 2.04. The molecule has 0 heterocycles. The Bertz CT molecular complexity index is 531. The summed E-state index contributed by atoms with van der Waals surface area (Å²) in [6.07, 6.45) is 1.09. The van der Waals surface area contributed by atoms with Gasteiger partial charge >= 0.3 is 0 Å². The van der Waals surface area contributed by atoms with Crippen LogP contribution in [0.2, 0.25) is 0 Å². The van der Waals surface area contributed by atoms with Crippen LogP contribution >= 0.6 is 0 Å². The lowest BCUT2D eigenvalue weighted by atomic mass is 10.0. The van der Waals surface area contributed by atoms with Gasteiger partial charge in [0.15, 0.2) is 0 Å². The van der Waals surface area contributed by atoms with E-state index in [1.165, 1.54) is 22.3 Å². The minimum absolute atomic E-state index is 0.381. The molecule has 100 valence electrons. The molecule has 0 aliphatic heterocycles. The van der Waals surface area contributed by atoms with Crippen molar-refractivity contribution in [3.8, 4) is 0 Å². The molecule has 0 aromatic heterocycles. The fourth-order valence-corrected chi connectivity index (χ4v) is 2.52. The van der Waals surface area contributed by atoms with Crippen molar-refractivity contribution >= 4 is 0 Å². The van der Waals surface area contributed by atoms with Gasteiger partial charge in [-0.3, -0.25) is 0 Å². The van der Waals surface area contributed by atoms with Crippen LogP contribution in [0.3, 0.4) is 0 Å². The lowest BCUT2D eigenvalue weighted by Gasteiger charge is -2.17. The smallest absolute Gasteiger partial charge is 0.0297 e. The minimum atomic E-state index is 0.381. The highest BCUT2D eigenvalue weighted by molar-refractivity contribution is 5.30. The normalized spacial score (nSPS) is 12.4. The van der Waals surface area contributed by atoms with Crippen molar-refractivity contribution in [1.82, 2.24) is 5.32 Å². The number of hydrogen-bond acceptors (Lipinski definition) is 1. The summed E-state index contributed by atoms with van der Waals surface area (Å²) < 4.78 is 0. The highest BCUT2D eigenvalue weighted by atomic mass is 14.9. The molecule has 1 nitrogen and oxygen atoms in total. The highest BCUT2D eigenvalue weighted by Crippen LogP contribution is 2.18. The fourth-order valence-electron chi connectivity index (χ4n) is 2.52. The molecule has 1 atom stereocenters. The zero-order valence-corrected chi connectivity index (χ0v) is 12.1. The van der Waals surface area contributed by atoms with Gasteiger partial charge in [0.2, 0.25) is 0 Å². The van der Waals surface area contributed by atoms with Crippen LogP contribution in [0, 0.1) is 6.92 Å². The molecule has 2 aromatic carbocycles. The predicted molar refractivity (Wildman–Crippen MR) is 82.3 cm³/mol. The topological polar surface area (TPSA) is 12.0 Å². The molecule has 0 spiro atoms. The Morgan fingerprint density at radius 3 is 2.26 bits per heavy atom. The molecule has 19 heavy (non-hydrogen) atoms. The standard InChI is InChI=1S/C18H23N/c1-4-16-10-6-7-11-17(16)13-19-15(3)18-12-8-5-9-14(18)2/h5-12,15,19H,4,13H2,1-3H3/t15-/m1/s1. The molecule has 0 aliphatic carbocycles. The Hall–Kier alpha value is -1.60. The summed E-state index contributed by atoms with van der Waals surface area (Å²) in [7, 11) is 0. The van der Waals surface area contributed by atoms with E-state index >= 15 is 0 Å². The minimum Gasteiger partial charge on any atom is -0.306 e. The molecule has 0 bridgehead atoms. The first-order valence-corrected chi connectivity index (χ1v) is 7.08. The van der Waals surface area contributed by atoms with E-state index in [2.05, 4.69) is 74.6 Å². The molecule has 0 radical (unpaired) electrons. The maximum absolute atomic E-state index is 3.63. The second kappa shape index (κ2) is 6.53. The molecule has 0 saturated carbocycles. The number of rotatable bonds is 5. The summed E-state index contributed by atoms with van der Waals surface area (Å²) in [6, 6.07) is 17.6. The van der Waals surface area contributed by atoms with Gasteiger partial charge in [-0.25, -0.2) is 0 Å². The number of aryl methyl sites for hydroxylation is 2. The first-order chi connectivity index (χ1) is 9.22. The zero-order chi connectivity index (χ0) is 13.7. The molecular formula is C18H23N. The molecule has 0 aliphatic rings. The van der Waals surface area contributed by atoms with E-state index < -0.39 is 0 Å². The summed E-state index contributed by atoms with van der Waals surface area (Å²) in [4.78, 5) is 0. The lowest BCUT2D eigenvalue weighted by Crippen LogP contribution is -2.19. The Morgan fingerprint density at radius 2 is 1.58 bits per heavy atom. The monoisotopic (exact) mass is 253 g/mol. The maximum Gasteiger partial charge on any atom is 0.0297 e. The van der Waals surface area contributed by atoms with Gasteiger partial charge in [0.1, 0.15) is 0 Å². The predicted octanol–water partition coefficient (Wildman–Crippen LogP) is 4.41. The van der Waals surface area contributed by atoms with Crippen molar-refractivity contribution < 1.29 is 0 Å². The number of nitrogens with one attached hydrogen (secondary N) is 1. The van der Waals surface area contributed by atoms with Gasteiger partial charge in [-0.1, -0.05) is 55.5 Å². The van der Waals surface area contributed by atoms with Crippen molar-refractivity contribution in [2.45, 2.75) is 39.8 Å². The molecule has 1 N–H and O–H groups in total. The van der Waals surface area contributed by atoms with E-state index in [9.17, 15) is 0 Å². The Morgan fingerprint density at radius 1 is 0.947 bits per heavy atom. The molecule has 0 unspecified atom stereocenters. The average molecular weight is 253 g/mol. The van der Waals surface area contributed by atoms with E-state index in [0.717, 1.165) is 13.0 Å². The van der Waals surface area contributed by atoms with Crippen LogP contribution in [0.5, 0.6) is 0 Å². The molecule has 0 saturated heterocycles. The molecule has 0 fully saturated rings. The Labute approximate surface area is 116 Å². The molecule has 2 rings (SSSR count). The van der Waals surface area contributed by atoms with Gasteiger partial charge in [-0.2, -0.15) is 0 Å². The highest BCUT2D eigenvalue weighted by Gasteiger charge is 2.08. The third kappa shape index (κ3) is 3.45. The van der Waals surface area contributed by atoms with Crippen molar-refractivity contribution in [3.05, 3.63) is 70.8 Å². The fraction of sp³-hybridized carbons (Fsp3) is 0.333. The van der Waals surface area contributed by atoms with Crippen molar-refractivity contribution in [2.24, 2.45) is 0 Å². The number of benzene rings is 2. The number of hydrogen-bond donors (Lipinski definition) is 1. The van der Waals surface area contributed by atoms with Crippen LogP contribution in [0.25, 0.3) is 0 Å². The third-order valence-electron chi connectivity index (χ3n) is 3.75. The SMILES string of the molecule is CCc1ccccc1CN[C@H](C)c1ccccc1C. The van der Waals surface area contributed by atoms with E-state index in [0.29, 0.717) is 6.04 Å². The quantitative estimate of drug-likeness (QED) is 0.832. The van der Waals surface area contributed by atoms with Crippen LogP contribution in [0.1, 0.15) is 42.1 Å². The summed E-state index contributed by atoms with van der Waals surface area (Å²) in [5, 5.41) is 3.63. The lowest BCUT2D eigenvalue weighted by molar-refractivity contribution is 0.570. The molecular weight excluding hydrogens is 230 g/mol. The van der Waals surface area contributed by atoms with Gasteiger partial charge in [-0.05, 0) is 42.5 Å². The summed E-state index contributed by atoms with van der Waals surface area (Å²) >= 11 is 0. The van der Waals surface area contributed by atoms with Crippen LogP contribution in [-0.2, 0) is 13.0 Å². The largest absolute Gasteiger partial charge is 0.306 e. The summed E-state index contributed by atoms with van der Waals surface area (Å²) in [5.74, 6) is 0. The van der Waals surface area contributed by atoms with E-state index in [4.69, 9.17) is 0 Å². The summed E-state index contributed by atoms with van der Waals surface area (Å²) in [6.45, 7) is 7.55. The van der Waals surface area contributed by atoms with Gasteiger partial charge in [0.05, 0.1) is 0 Å². The molecule has 2 aromatic rings. The van der Waals surface area contributed by atoms with Crippen LogP contribution < -0.4 is 5.32 Å². The van der Waals surface area contributed by atoms with Crippen molar-refractivity contribution in [3.63, 3.8) is 0 Å². The Kier molecular flexibility index (Phi) is 4.75. The first kappa shape index (κ1) is 13.8. The van der Waals surface area contributed by atoms with Gasteiger partial charge in [0, 0.05) is 12.6 Å². The van der Waals surface area contributed by atoms with Crippen molar-refractivity contribution in [2.75, 3.05) is 0 Å². The van der Waals surface area contributed by atoms with E-state index in [1.54, 1.807) is 0 Å². The first-order valence-electron chi connectivity index (χ1n) is 7.08. The van der Waals surface area contributed by atoms with E-state index in [-0.39, 0.29) is 0 Å². The second-order valence-electron chi connectivity index (χ2n) is 5.08. The molecule has 0 amide bonds. The van der Waals surface area contributed by atoms with Gasteiger partial charge in [-0.15, -0.1) is 0 Å². The average Bonchev–Trinajstić information content (AvgIpc) is 2.45. The van der Waals surface area contributed by atoms with Crippen LogP contribution in [-0.4, -0.2) is 0 Å². The van der Waals surface area contributed by atoms with Gasteiger partial charge < -0.3 is 5.32 Å². The van der Waals surface area contributed by atoms with Gasteiger partial charge in [0.25, 0.3) is 0 Å². The zero-order valence-electron chi connectivity index (χ0n) is 12.1. The van der Waals surface area contributed by atoms with Crippen LogP contribution in [0.15, 0.2) is 48.5 Å². The third-order valence-corrected chi connectivity index (χ3v) is 3.75. The van der Waals surface area contributed by atoms with E-state index in [1.807, 2.05) is 0 Å². The molecule has 1 heteroatoms. The second-order valence-corrected chi connectivity index (χ2v) is 5.08. The maximum atomic E-state index is 3.63. The van der Waals surface area contributed by atoms with Crippen LogP contribution in [0.4, 0.5) is 0 Å². The summed E-state index contributed by atoms with van der Waals surface area (Å²) in [5.41, 5.74) is 5.58.